The van der Waals surface area contributed by atoms with E-state index < -0.39 is 15.9 Å². The van der Waals surface area contributed by atoms with Crippen molar-refractivity contribution in [3.63, 3.8) is 0 Å². The van der Waals surface area contributed by atoms with Gasteiger partial charge in [-0.2, -0.15) is 0 Å². The number of benzene rings is 2. The molecular weight excluding hydrogens is 402 g/mol. The number of carbonyl (C=O) groups excluding carboxylic acids is 2. The van der Waals surface area contributed by atoms with Gasteiger partial charge in [0, 0.05) is 22.8 Å². The highest BCUT2D eigenvalue weighted by molar-refractivity contribution is 7.93. The van der Waals surface area contributed by atoms with Crippen molar-refractivity contribution in [3.05, 3.63) is 58.6 Å². The van der Waals surface area contributed by atoms with E-state index >= 15 is 0 Å². The Bertz CT molecular complexity index is 1010. The second kappa shape index (κ2) is 8.20. The maximum absolute atomic E-state index is 12.2. The minimum Gasteiger partial charge on any atom is -0.343 e. The third kappa shape index (κ3) is 4.45. The van der Waals surface area contributed by atoms with E-state index in [1.54, 1.807) is 37.3 Å². The van der Waals surface area contributed by atoms with E-state index in [0.29, 0.717) is 34.9 Å². The minimum absolute atomic E-state index is 0.135. The molecule has 28 heavy (non-hydrogen) atoms. The molecule has 2 aromatic carbocycles. The molecule has 0 spiro atoms. The van der Waals surface area contributed by atoms with Crippen LogP contribution in [0.4, 0.5) is 11.4 Å². The number of rotatable bonds is 5. The maximum atomic E-state index is 12.2. The summed E-state index contributed by atoms with van der Waals surface area (Å²) in [5.74, 6) is -0.663. The first kappa shape index (κ1) is 20.2. The van der Waals surface area contributed by atoms with Crippen LogP contribution in [0.3, 0.4) is 0 Å². The van der Waals surface area contributed by atoms with Gasteiger partial charge in [-0.1, -0.05) is 17.7 Å². The number of anilines is 2. The Morgan fingerprint density at radius 2 is 1.86 bits per heavy atom. The third-order valence-corrected chi connectivity index (χ3v) is 6.75. The second-order valence-corrected chi connectivity index (χ2v) is 8.85. The molecule has 0 bridgehead atoms. The normalized spacial score (nSPS) is 15.3. The van der Waals surface area contributed by atoms with Crippen molar-refractivity contribution >= 4 is 44.8 Å². The quantitative estimate of drug-likeness (QED) is 0.775. The number of carbonyl (C=O) groups is 2. The maximum Gasteiger partial charge on any atom is 0.251 e. The molecule has 0 aliphatic carbocycles. The second-order valence-electron chi connectivity index (χ2n) is 6.43. The molecule has 1 fully saturated rings. The molecule has 2 N–H and O–H groups in total. The summed E-state index contributed by atoms with van der Waals surface area (Å²) < 4.78 is 25.2. The van der Waals surface area contributed by atoms with E-state index in [2.05, 4.69) is 10.6 Å². The van der Waals surface area contributed by atoms with Crippen LogP contribution in [-0.2, 0) is 14.8 Å². The number of hydrogen-bond donors (Lipinski definition) is 2. The Morgan fingerprint density at radius 1 is 1.14 bits per heavy atom. The van der Waals surface area contributed by atoms with Gasteiger partial charge in [-0.05, 0) is 55.3 Å². The van der Waals surface area contributed by atoms with Gasteiger partial charge < -0.3 is 10.6 Å². The standard InChI is InChI=1S/C19H20ClN3O4S/c1-13-16(20)4-2-5-17(13)22-18(24)12-21-19(25)14-6-8-15(9-7-14)23-10-3-11-28(23,26)27/h2,4-9H,3,10-12H2,1H3,(H,21,25)(H,22,24). The Morgan fingerprint density at radius 3 is 2.50 bits per heavy atom. The Balaban J connectivity index is 1.57. The molecule has 9 heteroatoms. The summed E-state index contributed by atoms with van der Waals surface area (Å²) in [6.45, 7) is 2.03. The largest absolute Gasteiger partial charge is 0.343 e. The molecule has 2 aromatic rings. The van der Waals surface area contributed by atoms with Gasteiger partial charge >= 0.3 is 0 Å². The van der Waals surface area contributed by atoms with Crippen LogP contribution in [0.25, 0.3) is 0 Å². The number of sulfonamides is 1. The fourth-order valence-electron chi connectivity index (χ4n) is 2.91. The summed E-state index contributed by atoms with van der Waals surface area (Å²) in [4.78, 5) is 24.3. The van der Waals surface area contributed by atoms with E-state index in [9.17, 15) is 18.0 Å². The fourth-order valence-corrected chi connectivity index (χ4v) is 4.65. The van der Waals surface area contributed by atoms with Gasteiger partial charge in [0.15, 0.2) is 0 Å². The van der Waals surface area contributed by atoms with Crippen LogP contribution in [0.2, 0.25) is 5.02 Å². The van der Waals surface area contributed by atoms with Gasteiger partial charge in [-0.25, -0.2) is 8.42 Å². The van der Waals surface area contributed by atoms with Gasteiger partial charge in [0.2, 0.25) is 15.9 Å². The molecule has 148 valence electrons. The molecule has 0 atom stereocenters. The zero-order valence-electron chi connectivity index (χ0n) is 15.2. The van der Waals surface area contributed by atoms with Gasteiger partial charge in [0.05, 0.1) is 18.0 Å². The van der Waals surface area contributed by atoms with E-state index in [4.69, 9.17) is 11.6 Å². The van der Waals surface area contributed by atoms with Crippen LogP contribution in [-0.4, -0.2) is 39.1 Å². The first-order valence-corrected chi connectivity index (χ1v) is 10.7. The van der Waals surface area contributed by atoms with Crippen LogP contribution >= 0.6 is 11.6 Å². The molecule has 0 unspecified atom stereocenters. The van der Waals surface area contributed by atoms with Crippen molar-refractivity contribution in [3.8, 4) is 0 Å². The SMILES string of the molecule is Cc1c(Cl)cccc1NC(=O)CNC(=O)c1ccc(N2CCCS2(=O)=O)cc1. The zero-order valence-corrected chi connectivity index (χ0v) is 16.8. The summed E-state index contributed by atoms with van der Waals surface area (Å²) in [7, 11) is -3.26. The predicted molar refractivity (Wildman–Crippen MR) is 109 cm³/mol. The van der Waals surface area contributed by atoms with Crippen LogP contribution in [0.15, 0.2) is 42.5 Å². The van der Waals surface area contributed by atoms with Gasteiger partial charge in [0.1, 0.15) is 0 Å². The Hall–Kier alpha value is -2.58. The number of nitrogens with one attached hydrogen (secondary N) is 2. The molecule has 0 aromatic heterocycles. The van der Waals surface area contributed by atoms with E-state index in [1.165, 1.54) is 16.4 Å². The topological polar surface area (TPSA) is 95.6 Å². The Kier molecular flexibility index (Phi) is 5.90. The number of halogens is 1. The smallest absolute Gasteiger partial charge is 0.251 e. The third-order valence-electron chi connectivity index (χ3n) is 4.47. The van der Waals surface area contributed by atoms with Crippen molar-refractivity contribution in [1.29, 1.82) is 0 Å². The van der Waals surface area contributed by atoms with Crippen molar-refractivity contribution in [2.24, 2.45) is 0 Å². The highest BCUT2D eigenvalue weighted by Gasteiger charge is 2.28. The van der Waals surface area contributed by atoms with E-state index in [0.717, 1.165) is 5.56 Å². The average molecular weight is 422 g/mol. The molecule has 1 aliphatic heterocycles. The van der Waals surface area contributed by atoms with Crippen LogP contribution in [0.1, 0.15) is 22.3 Å². The van der Waals surface area contributed by atoms with Gasteiger partial charge in [0.25, 0.3) is 5.91 Å². The fraction of sp³-hybridized carbons (Fsp3) is 0.263. The van der Waals surface area contributed by atoms with Crippen molar-refractivity contribution in [1.82, 2.24) is 5.32 Å². The van der Waals surface area contributed by atoms with Gasteiger partial charge in [-0.3, -0.25) is 13.9 Å². The molecule has 1 aliphatic rings. The summed E-state index contributed by atoms with van der Waals surface area (Å²) in [6.07, 6.45) is 0.589. The lowest BCUT2D eigenvalue weighted by molar-refractivity contribution is -0.115. The average Bonchev–Trinajstić information content (AvgIpc) is 3.03. The lowest BCUT2D eigenvalue weighted by Crippen LogP contribution is -2.33. The zero-order chi connectivity index (χ0) is 20.3. The molecule has 2 amide bonds. The number of amides is 2. The van der Waals surface area contributed by atoms with E-state index in [-0.39, 0.29) is 18.2 Å². The summed E-state index contributed by atoms with van der Waals surface area (Å²) in [5.41, 5.74) is 2.20. The molecule has 7 nitrogen and oxygen atoms in total. The molecular formula is C19H20ClN3O4S. The predicted octanol–water partition coefficient (Wildman–Crippen LogP) is 2.56. The minimum atomic E-state index is -3.26. The number of nitrogens with zero attached hydrogens (tertiary/aromatic N) is 1. The lowest BCUT2D eigenvalue weighted by atomic mass is 10.2. The van der Waals surface area contributed by atoms with E-state index in [1.807, 2.05) is 0 Å². The number of hydrogen-bond acceptors (Lipinski definition) is 4. The van der Waals surface area contributed by atoms with Crippen molar-refractivity contribution in [2.45, 2.75) is 13.3 Å². The van der Waals surface area contributed by atoms with Crippen LogP contribution < -0.4 is 14.9 Å². The van der Waals surface area contributed by atoms with Crippen LogP contribution in [0, 0.1) is 6.92 Å². The summed E-state index contributed by atoms with van der Waals surface area (Å²) in [5, 5.41) is 5.79. The first-order chi connectivity index (χ1) is 13.3. The summed E-state index contributed by atoms with van der Waals surface area (Å²) >= 11 is 6.02. The first-order valence-electron chi connectivity index (χ1n) is 8.71. The molecule has 0 radical (unpaired) electrons. The summed E-state index contributed by atoms with van der Waals surface area (Å²) in [6, 6.07) is 11.4. The molecule has 0 saturated carbocycles. The molecule has 3 rings (SSSR count). The Labute approximate surface area is 168 Å². The highest BCUT2D eigenvalue weighted by atomic mass is 35.5. The van der Waals surface area contributed by atoms with Crippen molar-refractivity contribution in [2.75, 3.05) is 28.5 Å². The highest BCUT2D eigenvalue weighted by Crippen LogP contribution is 2.24. The van der Waals surface area contributed by atoms with Gasteiger partial charge in [-0.15, -0.1) is 0 Å². The molecule has 1 heterocycles. The lowest BCUT2D eigenvalue weighted by Gasteiger charge is -2.17. The monoisotopic (exact) mass is 421 g/mol. The van der Waals surface area contributed by atoms with Crippen molar-refractivity contribution < 1.29 is 18.0 Å². The van der Waals surface area contributed by atoms with Crippen LogP contribution in [0.5, 0.6) is 0 Å². The molecule has 1 saturated heterocycles.